The summed E-state index contributed by atoms with van der Waals surface area (Å²) < 4.78 is 47.8. The van der Waals surface area contributed by atoms with Gasteiger partial charge in [0, 0.05) is 10.6 Å². The number of hydrogen-bond donors (Lipinski definition) is 1. The average Bonchev–Trinajstić information content (AvgIpc) is 2.35. The van der Waals surface area contributed by atoms with E-state index in [2.05, 4.69) is 4.74 Å². The summed E-state index contributed by atoms with van der Waals surface area (Å²) in [6.07, 6.45) is -7.62. The summed E-state index contributed by atoms with van der Waals surface area (Å²) in [7, 11) is 0. The summed E-state index contributed by atoms with van der Waals surface area (Å²) in [4.78, 5) is 10.5. The predicted molar refractivity (Wildman–Crippen MR) is 68.4 cm³/mol. The Kier molecular flexibility index (Phi) is 4.04. The molecule has 1 aromatic rings. The molecule has 1 aliphatic heterocycles. The fourth-order valence-corrected chi connectivity index (χ4v) is 2.23. The first-order chi connectivity index (χ1) is 9.72. The van der Waals surface area contributed by atoms with Crippen LogP contribution in [0.1, 0.15) is 18.1 Å². The first-order valence-corrected chi connectivity index (χ1v) is 6.28. The minimum Gasteiger partial charge on any atom is -0.472 e. The average molecular weight is 323 g/mol. The van der Waals surface area contributed by atoms with Crippen molar-refractivity contribution in [2.24, 2.45) is 0 Å². The van der Waals surface area contributed by atoms with Gasteiger partial charge in [0.1, 0.15) is 5.75 Å². The zero-order chi connectivity index (χ0) is 15.8. The first kappa shape index (κ1) is 15.5. The smallest absolute Gasteiger partial charge is 0.472 e. The molecule has 0 bridgehead atoms. The molecule has 0 radical (unpaired) electrons. The van der Waals surface area contributed by atoms with Gasteiger partial charge in [0.15, 0.2) is 5.76 Å². The van der Waals surface area contributed by atoms with E-state index in [0.717, 1.165) is 6.08 Å². The molecule has 0 amide bonds. The second-order valence-corrected chi connectivity index (χ2v) is 4.70. The van der Waals surface area contributed by atoms with Gasteiger partial charge < -0.3 is 14.6 Å². The fraction of sp³-hybridized carbons (Fsp3) is 0.308. The van der Waals surface area contributed by atoms with E-state index in [1.807, 2.05) is 0 Å². The van der Waals surface area contributed by atoms with E-state index in [-0.39, 0.29) is 11.3 Å². The standard InChI is InChI=1S/C13H10ClF3O4/c1-2-6-4-9-7(3-8(6)14)5-10(21-12(18)19)11(20-9)13(15,16)17/h3-5,11H,2H2,1H3,(H,18,19). The molecule has 0 aromatic heterocycles. The molecule has 1 aliphatic rings. The molecule has 1 heterocycles. The summed E-state index contributed by atoms with van der Waals surface area (Å²) in [5, 5.41) is 8.88. The zero-order valence-corrected chi connectivity index (χ0v) is 11.5. The van der Waals surface area contributed by atoms with Crippen LogP contribution in [0.3, 0.4) is 0 Å². The highest BCUT2D eigenvalue weighted by Crippen LogP contribution is 2.39. The Morgan fingerprint density at radius 2 is 2.14 bits per heavy atom. The van der Waals surface area contributed by atoms with Gasteiger partial charge >= 0.3 is 12.3 Å². The summed E-state index contributed by atoms with van der Waals surface area (Å²) in [5.41, 5.74) is 0.862. The van der Waals surface area contributed by atoms with Gasteiger partial charge in [0.05, 0.1) is 0 Å². The van der Waals surface area contributed by atoms with E-state index in [0.29, 0.717) is 17.0 Å². The van der Waals surface area contributed by atoms with Crippen LogP contribution in [-0.2, 0) is 11.2 Å². The molecule has 0 fully saturated rings. The second-order valence-electron chi connectivity index (χ2n) is 4.29. The SMILES string of the molecule is CCc1cc2c(cc1Cl)C=C(OC(=O)O)C(C(F)(F)F)O2. The van der Waals surface area contributed by atoms with Crippen molar-refractivity contribution in [3.63, 3.8) is 0 Å². The van der Waals surface area contributed by atoms with Gasteiger partial charge in [0.2, 0.25) is 0 Å². The molecular formula is C13H10ClF3O4. The number of aryl methyl sites for hydroxylation is 1. The van der Waals surface area contributed by atoms with Crippen LogP contribution < -0.4 is 4.74 Å². The van der Waals surface area contributed by atoms with Crippen LogP contribution in [0.2, 0.25) is 5.02 Å². The zero-order valence-electron chi connectivity index (χ0n) is 10.7. The highest BCUT2D eigenvalue weighted by atomic mass is 35.5. The third-order valence-corrected chi connectivity index (χ3v) is 3.22. The molecule has 0 saturated heterocycles. The maximum Gasteiger partial charge on any atom is 0.511 e. The van der Waals surface area contributed by atoms with Gasteiger partial charge in [-0.25, -0.2) is 4.79 Å². The van der Waals surface area contributed by atoms with E-state index >= 15 is 0 Å². The molecule has 4 nitrogen and oxygen atoms in total. The molecule has 0 saturated carbocycles. The van der Waals surface area contributed by atoms with Gasteiger partial charge in [-0.05, 0) is 30.2 Å². The summed E-state index contributed by atoms with van der Waals surface area (Å²) in [5.74, 6) is -0.862. The van der Waals surface area contributed by atoms with Crippen LogP contribution in [0.15, 0.2) is 17.9 Å². The van der Waals surface area contributed by atoms with Crippen molar-refractivity contribution >= 4 is 23.8 Å². The Labute approximate surface area is 122 Å². The van der Waals surface area contributed by atoms with Crippen molar-refractivity contribution in [3.05, 3.63) is 34.0 Å². The molecular weight excluding hydrogens is 313 g/mol. The van der Waals surface area contributed by atoms with Gasteiger partial charge in [-0.15, -0.1) is 0 Å². The summed E-state index contributed by atoms with van der Waals surface area (Å²) in [6.45, 7) is 1.80. The van der Waals surface area contributed by atoms with Gasteiger partial charge in [0.25, 0.3) is 6.10 Å². The number of fused-ring (bicyclic) bond motifs is 1. The number of rotatable bonds is 2. The molecule has 2 rings (SSSR count). The molecule has 114 valence electrons. The molecule has 1 atom stereocenters. The number of ether oxygens (including phenoxy) is 2. The van der Waals surface area contributed by atoms with Crippen LogP contribution in [0.5, 0.6) is 5.75 Å². The fourth-order valence-electron chi connectivity index (χ4n) is 1.92. The molecule has 1 N–H and O–H groups in total. The van der Waals surface area contributed by atoms with E-state index in [4.69, 9.17) is 21.4 Å². The van der Waals surface area contributed by atoms with Gasteiger partial charge in [-0.2, -0.15) is 13.2 Å². The summed E-state index contributed by atoms with van der Waals surface area (Å²) in [6, 6.07) is 2.82. The highest BCUT2D eigenvalue weighted by Gasteiger charge is 2.48. The van der Waals surface area contributed by atoms with Gasteiger partial charge in [-0.3, -0.25) is 0 Å². The predicted octanol–water partition coefficient (Wildman–Crippen LogP) is 4.26. The van der Waals surface area contributed by atoms with Crippen molar-refractivity contribution in [1.82, 2.24) is 0 Å². The normalized spacial score (nSPS) is 17.6. The van der Waals surface area contributed by atoms with Crippen LogP contribution in [-0.4, -0.2) is 23.5 Å². The maximum atomic E-state index is 12.9. The number of benzene rings is 1. The second kappa shape index (κ2) is 5.48. The van der Waals surface area contributed by atoms with Crippen molar-refractivity contribution < 1.29 is 32.5 Å². The number of carbonyl (C=O) groups is 1. The lowest BCUT2D eigenvalue weighted by atomic mass is 10.0. The van der Waals surface area contributed by atoms with E-state index in [1.165, 1.54) is 12.1 Å². The Morgan fingerprint density at radius 1 is 1.48 bits per heavy atom. The Bertz CT molecular complexity index is 610. The maximum absolute atomic E-state index is 12.9. The minimum atomic E-state index is -4.80. The number of halogens is 4. The molecule has 0 aliphatic carbocycles. The van der Waals surface area contributed by atoms with Gasteiger partial charge in [-0.1, -0.05) is 18.5 Å². The van der Waals surface area contributed by atoms with Crippen molar-refractivity contribution in [2.75, 3.05) is 0 Å². The third-order valence-electron chi connectivity index (χ3n) is 2.86. The monoisotopic (exact) mass is 322 g/mol. The van der Waals surface area contributed by atoms with E-state index < -0.39 is 24.2 Å². The number of carboxylic acid groups (broad SMARTS) is 1. The Morgan fingerprint density at radius 3 is 2.67 bits per heavy atom. The third kappa shape index (κ3) is 3.24. The van der Waals surface area contributed by atoms with Crippen LogP contribution in [0.4, 0.5) is 18.0 Å². The topological polar surface area (TPSA) is 55.8 Å². The largest absolute Gasteiger partial charge is 0.511 e. The number of alkyl halides is 3. The quantitative estimate of drug-likeness (QED) is 0.826. The Hall–Kier alpha value is -1.89. The molecule has 21 heavy (non-hydrogen) atoms. The lowest BCUT2D eigenvalue weighted by Crippen LogP contribution is -2.39. The molecule has 1 aromatic carbocycles. The lowest BCUT2D eigenvalue weighted by Gasteiger charge is -2.27. The molecule has 1 unspecified atom stereocenters. The lowest BCUT2D eigenvalue weighted by molar-refractivity contribution is -0.191. The Balaban J connectivity index is 2.51. The van der Waals surface area contributed by atoms with Crippen LogP contribution >= 0.6 is 11.6 Å². The molecule has 0 spiro atoms. The van der Waals surface area contributed by atoms with E-state index in [1.54, 1.807) is 6.92 Å². The van der Waals surface area contributed by atoms with Crippen molar-refractivity contribution in [1.29, 1.82) is 0 Å². The first-order valence-electron chi connectivity index (χ1n) is 5.90. The summed E-state index contributed by atoms with van der Waals surface area (Å²) >= 11 is 5.98. The number of hydrogen-bond acceptors (Lipinski definition) is 3. The van der Waals surface area contributed by atoms with Crippen molar-refractivity contribution in [3.8, 4) is 5.75 Å². The molecule has 8 heteroatoms. The van der Waals surface area contributed by atoms with Crippen LogP contribution in [0, 0.1) is 0 Å². The van der Waals surface area contributed by atoms with Crippen molar-refractivity contribution in [2.45, 2.75) is 25.6 Å². The van der Waals surface area contributed by atoms with Crippen LogP contribution in [0.25, 0.3) is 6.08 Å². The highest BCUT2D eigenvalue weighted by molar-refractivity contribution is 6.31. The minimum absolute atomic E-state index is 0.0173. The van der Waals surface area contributed by atoms with E-state index in [9.17, 15) is 18.0 Å².